The van der Waals surface area contributed by atoms with Crippen LogP contribution in [0.25, 0.3) is 0 Å². The number of hydrogen-bond donors (Lipinski definition) is 2. The molecule has 5 heteroatoms. The molecule has 2 atom stereocenters. The summed E-state index contributed by atoms with van der Waals surface area (Å²) in [5, 5.41) is 3.01. The van der Waals surface area contributed by atoms with Gasteiger partial charge in [0.1, 0.15) is 5.75 Å². The van der Waals surface area contributed by atoms with Crippen LogP contribution in [0.4, 0.5) is 5.69 Å². The number of anilines is 1. The van der Waals surface area contributed by atoms with E-state index >= 15 is 0 Å². The van der Waals surface area contributed by atoms with Crippen molar-refractivity contribution in [3.8, 4) is 5.75 Å². The SMILES string of the molecule is COc1cc(C(=O)NC2CCC(OC)C2)ccc1N. The maximum atomic E-state index is 12.1. The zero-order chi connectivity index (χ0) is 13.8. The zero-order valence-electron chi connectivity index (χ0n) is 11.3. The van der Waals surface area contributed by atoms with Crippen molar-refractivity contribution in [1.82, 2.24) is 5.32 Å². The molecule has 1 aromatic carbocycles. The van der Waals surface area contributed by atoms with Gasteiger partial charge in [-0.2, -0.15) is 0 Å². The predicted molar refractivity (Wildman–Crippen MR) is 73.3 cm³/mol. The third-order valence-corrected chi connectivity index (χ3v) is 3.55. The monoisotopic (exact) mass is 264 g/mol. The third kappa shape index (κ3) is 3.17. The average Bonchev–Trinajstić information content (AvgIpc) is 2.86. The van der Waals surface area contributed by atoms with Gasteiger partial charge in [-0.25, -0.2) is 0 Å². The number of nitrogen functional groups attached to an aromatic ring is 1. The fourth-order valence-electron chi connectivity index (χ4n) is 2.41. The maximum absolute atomic E-state index is 12.1. The predicted octanol–water partition coefficient (Wildman–Crippen LogP) is 1.57. The molecule has 104 valence electrons. The summed E-state index contributed by atoms with van der Waals surface area (Å²) >= 11 is 0. The van der Waals surface area contributed by atoms with Crippen molar-refractivity contribution in [2.24, 2.45) is 0 Å². The summed E-state index contributed by atoms with van der Waals surface area (Å²) in [6.45, 7) is 0. The molecule has 0 heterocycles. The number of rotatable bonds is 4. The molecule has 0 saturated heterocycles. The van der Waals surface area contributed by atoms with Crippen molar-refractivity contribution < 1.29 is 14.3 Å². The normalized spacial score (nSPS) is 22.2. The molecule has 5 nitrogen and oxygen atoms in total. The molecule has 0 spiro atoms. The standard InChI is InChI=1S/C14H20N2O3/c1-18-11-5-4-10(8-11)16-14(17)9-3-6-12(15)13(7-9)19-2/h3,6-7,10-11H,4-5,8,15H2,1-2H3,(H,16,17). The molecule has 2 rings (SSSR count). The topological polar surface area (TPSA) is 73.6 Å². The van der Waals surface area contributed by atoms with Crippen molar-refractivity contribution in [3.05, 3.63) is 23.8 Å². The van der Waals surface area contributed by atoms with Gasteiger partial charge in [0.05, 0.1) is 18.9 Å². The summed E-state index contributed by atoms with van der Waals surface area (Å²) in [6, 6.07) is 5.23. The van der Waals surface area contributed by atoms with E-state index in [9.17, 15) is 4.79 Å². The minimum absolute atomic E-state index is 0.0972. The molecule has 0 radical (unpaired) electrons. The van der Waals surface area contributed by atoms with E-state index in [0.717, 1.165) is 19.3 Å². The Morgan fingerprint density at radius 3 is 2.79 bits per heavy atom. The van der Waals surface area contributed by atoms with E-state index in [2.05, 4.69) is 5.32 Å². The van der Waals surface area contributed by atoms with Crippen molar-refractivity contribution in [1.29, 1.82) is 0 Å². The number of hydrogen-bond acceptors (Lipinski definition) is 4. The van der Waals surface area contributed by atoms with Crippen molar-refractivity contribution in [2.45, 2.75) is 31.4 Å². The van der Waals surface area contributed by atoms with E-state index in [0.29, 0.717) is 17.0 Å². The first kappa shape index (κ1) is 13.7. The molecule has 3 N–H and O–H groups in total. The largest absolute Gasteiger partial charge is 0.495 e. The van der Waals surface area contributed by atoms with Gasteiger partial charge in [-0.05, 0) is 37.5 Å². The summed E-state index contributed by atoms with van der Waals surface area (Å²) in [7, 11) is 3.24. The first-order valence-electron chi connectivity index (χ1n) is 6.41. The minimum Gasteiger partial charge on any atom is -0.495 e. The molecule has 19 heavy (non-hydrogen) atoms. The number of amides is 1. The van der Waals surface area contributed by atoms with E-state index in [1.165, 1.54) is 7.11 Å². The van der Waals surface area contributed by atoms with Gasteiger partial charge in [0.25, 0.3) is 5.91 Å². The van der Waals surface area contributed by atoms with Crippen LogP contribution in [0.15, 0.2) is 18.2 Å². The summed E-state index contributed by atoms with van der Waals surface area (Å²) < 4.78 is 10.4. The van der Waals surface area contributed by atoms with E-state index < -0.39 is 0 Å². The van der Waals surface area contributed by atoms with Crippen LogP contribution in [0.2, 0.25) is 0 Å². The number of ether oxygens (including phenoxy) is 2. The number of nitrogens with one attached hydrogen (secondary N) is 1. The zero-order valence-corrected chi connectivity index (χ0v) is 11.3. The molecule has 2 unspecified atom stereocenters. The molecule has 1 aliphatic carbocycles. The van der Waals surface area contributed by atoms with Crippen molar-refractivity contribution in [2.75, 3.05) is 20.0 Å². The Morgan fingerprint density at radius 2 is 2.16 bits per heavy atom. The van der Waals surface area contributed by atoms with Crippen LogP contribution in [-0.2, 0) is 4.74 Å². The number of carbonyl (C=O) groups is 1. The van der Waals surface area contributed by atoms with Gasteiger partial charge < -0.3 is 20.5 Å². The van der Waals surface area contributed by atoms with Crippen LogP contribution in [0.1, 0.15) is 29.6 Å². The highest BCUT2D eigenvalue weighted by Gasteiger charge is 2.26. The minimum atomic E-state index is -0.0972. The van der Waals surface area contributed by atoms with E-state index in [4.69, 9.17) is 15.2 Å². The lowest BCUT2D eigenvalue weighted by Crippen LogP contribution is -2.33. The Balaban J connectivity index is 2.00. The number of nitrogens with two attached hydrogens (primary N) is 1. The lowest BCUT2D eigenvalue weighted by Gasteiger charge is -2.14. The second kappa shape index (κ2) is 5.93. The smallest absolute Gasteiger partial charge is 0.251 e. The lowest BCUT2D eigenvalue weighted by molar-refractivity contribution is 0.0914. The highest BCUT2D eigenvalue weighted by Crippen LogP contribution is 2.24. The summed E-state index contributed by atoms with van der Waals surface area (Å²) in [6.07, 6.45) is 3.07. The van der Waals surface area contributed by atoms with Gasteiger partial charge in [0.15, 0.2) is 0 Å². The lowest BCUT2D eigenvalue weighted by atomic mass is 10.1. The van der Waals surface area contributed by atoms with Crippen LogP contribution in [0.3, 0.4) is 0 Å². The van der Waals surface area contributed by atoms with Crippen LogP contribution < -0.4 is 15.8 Å². The van der Waals surface area contributed by atoms with Crippen molar-refractivity contribution in [3.63, 3.8) is 0 Å². The summed E-state index contributed by atoms with van der Waals surface area (Å²) in [5.74, 6) is 0.425. The highest BCUT2D eigenvalue weighted by molar-refractivity contribution is 5.95. The van der Waals surface area contributed by atoms with Crippen LogP contribution >= 0.6 is 0 Å². The second-order valence-corrected chi connectivity index (χ2v) is 4.80. The molecule has 1 aliphatic rings. The summed E-state index contributed by atoms with van der Waals surface area (Å²) in [4.78, 5) is 12.1. The first-order valence-corrected chi connectivity index (χ1v) is 6.41. The van der Waals surface area contributed by atoms with Gasteiger partial charge in [-0.15, -0.1) is 0 Å². The molecule has 1 amide bonds. The number of benzene rings is 1. The second-order valence-electron chi connectivity index (χ2n) is 4.80. The Hall–Kier alpha value is -1.75. The highest BCUT2D eigenvalue weighted by atomic mass is 16.5. The third-order valence-electron chi connectivity index (χ3n) is 3.55. The summed E-state index contributed by atoms with van der Waals surface area (Å²) in [5.41, 5.74) is 6.82. The molecule has 0 aliphatic heterocycles. The Kier molecular flexibility index (Phi) is 4.27. The number of carbonyl (C=O) groups excluding carboxylic acids is 1. The molecular weight excluding hydrogens is 244 g/mol. The molecule has 0 aromatic heterocycles. The van der Waals surface area contributed by atoms with Gasteiger partial charge in [0.2, 0.25) is 0 Å². The van der Waals surface area contributed by atoms with Gasteiger partial charge in [0, 0.05) is 18.7 Å². The van der Waals surface area contributed by atoms with Crippen molar-refractivity contribution >= 4 is 11.6 Å². The van der Waals surface area contributed by atoms with E-state index in [1.807, 2.05) is 0 Å². The first-order chi connectivity index (χ1) is 9.13. The average molecular weight is 264 g/mol. The number of methoxy groups -OCH3 is 2. The Bertz CT molecular complexity index is 462. The fourth-order valence-corrected chi connectivity index (χ4v) is 2.41. The van der Waals surface area contributed by atoms with Gasteiger partial charge in [-0.1, -0.05) is 0 Å². The quantitative estimate of drug-likeness (QED) is 0.810. The molecule has 1 saturated carbocycles. The maximum Gasteiger partial charge on any atom is 0.251 e. The molecular formula is C14H20N2O3. The van der Waals surface area contributed by atoms with Gasteiger partial charge in [-0.3, -0.25) is 4.79 Å². The van der Waals surface area contributed by atoms with Crippen LogP contribution in [0.5, 0.6) is 5.75 Å². The van der Waals surface area contributed by atoms with E-state index in [1.54, 1.807) is 25.3 Å². The molecule has 1 aromatic rings. The van der Waals surface area contributed by atoms with Crippen LogP contribution in [-0.4, -0.2) is 32.3 Å². The Labute approximate surface area is 113 Å². The molecule has 1 fully saturated rings. The Morgan fingerprint density at radius 1 is 1.37 bits per heavy atom. The fraction of sp³-hybridized carbons (Fsp3) is 0.500. The van der Waals surface area contributed by atoms with E-state index in [-0.39, 0.29) is 18.1 Å². The van der Waals surface area contributed by atoms with Gasteiger partial charge >= 0.3 is 0 Å². The van der Waals surface area contributed by atoms with Crippen LogP contribution in [0, 0.1) is 0 Å². The molecule has 0 bridgehead atoms.